The number of piperidine rings is 1. The van der Waals surface area contributed by atoms with Gasteiger partial charge in [-0.25, -0.2) is 0 Å². The highest BCUT2D eigenvalue weighted by molar-refractivity contribution is 5.78. The number of hydrogen-bond acceptors (Lipinski definition) is 4. The lowest BCUT2D eigenvalue weighted by molar-refractivity contribution is -0.123. The Morgan fingerprint density at radius 3 is 2.76 bits per heavy atom. The van der Waals surface area contributed by atoms with Crippen molar-refractivity contribution in [3.8, 4) is 0 Å². The summed E-state index contributed by atoms with van der Waals surface area (Å²) < 4.78 is 0. The number of nitrogens with one attached hydrogen (secondary N) is 3. The van der Waals surface area contributed by atoms with Crippen molar-refractivity contribution >= 4 is 5.91 Å². The van der Waals surface area contributed by atoms with Crippen molar-refractivity contribution in [2.75, 3.05) is 39.3 Å². The minimum atomic E-state index is 0.157. The van der Waals surface area contributed by atoms with Gasteiger partial charge < -0.3 is 16.0 Å². The predicted octanol–water partition coefficient (Wildman–Crippen LogP) is 1.32. The van der Waals surface area contributed by atoms with Crippen LogP contribution in [-0.2, 0) is 4.79 Å². The average molecular weight is 345 g/mol. The smallest absolute Gasteiger partial charge is 0.234 e. The Kier molecular flexibility index (Phi) is 6.84. The Hall–Kier alpha value is -1.43. The second kappa shape index (κ2) is 9.32. The monoisotopic (exact) mass is 344 g/mol. The third-order valence-corrected chi connectivity index (χ3v) is 5.39. The maximum absolute atomic E-state index is 12.3. The fraction of sp³-hybridized carbons (Fsp3) is 0.650. The Morgan fingerprint density at radius 1 is 1.24 bits per heavy atom. The van der Waals surface area contributed by atoms with E-state index in [1.165, 1.54) is 12.0 Å². The molecule has 138 valence electrons. The van der Waals surface area contributed by atoms with Gasteiger partial charge in [-0.3, -0.25) is 9.69 Å². The molecule has 2 fully saturated rings. The van der Waals surface area contributed by atoms with Crippen LogP contribution in [-0.4, -0.2) is 62.2 Å². The third kappa shape index (κ3) is 5.80. The van der Waals surface area contributed by atoms with Gasteiger partial charge in [-0.15, -0.1) is 0 Å². The molecule has 0 aliphatic carbocycles. The van der Waals surface area contributed by atoms with Crippen LogP contribution in [0.15, 0.2) is 30.3 Å². The molecule has 0 aromatic heterocycles. The molecule has 2 aliphatic heterocycles. The molecule has 0 bridgehead atoms. The first-order valence-electron chi connectivity index (χ1n) is 9.71. The van der Waals surface area contributed by atoms with Gasteiger partial charge in [-0.05, 0) is 44.2 Å². The van der Waals surface area contributed by atoms with Crippen molar-refractivity contribution in [1.82, 2.24) is 20.9 Å². The van der Waals surface area contributed by atoms with Crippen LogP contribution in [0.2, 0.25) is 0 Å². The molecule has 5 nitrogen and oxygen atoms in total. The van der Waals surface area contributed by atoms with E-state index in [9.17, 15) is 4.79 Å². The van der Waals surface area contributed by atoms with Crippen molar-refractivity contribution < 1.29 is 4.79 Å². The van der Waals surface area contributed by atoms with Crippen molar-refractivity contribution in [2.45, 2.75) is 44.2 Å². The van der Waals surface area contributed by atoms with Crippen LogP contribution in [0.3, 0.4) is 0 Å². The maximum atomic E-state index is 12.3. The highest BCUT2D eigenvalue weighted by Gasteiger charge is 2.24. The normalized spacial score (nSPS) is 26.1. The second-order valence-electron chi connectivity index (χ2n) is 7.51. The Morgan fingerprint density at radius 2 is 2.00 bits per heavy atom. The van der Waals surface area contributed by atoms with Crippen LogP contribution in [0.4, 0.5) is 0 Å². The fourth-order valence-electron chi connectivity index (χ4n) is 4.09. The van der Waals surface area contributed by atoms with Gasteiger partial charge in [0.2, 0.25) is 5.91 Å². The summed E-state index contributed by atoms with van der Waals surface area (Å²) in [6, 6.07) is 11.5. The third-order valence-electron chi connectivity index (χ3n) is 5.39. The van der Waals surface area contributed by atoms with Crippen LogP contribution >= 0.6 is 0 Å². The number of carbonyl (C=O) groups is 1. The van der Waals surface area contributed by atoms with E-state index >= 15 is 0 Å². The molecule has 1 amide bonds. The quantitative estimate of drug-likeness (QED) is 0.729. The molecule has 2 heterocycles. The number of amides is 1. The number of carbonyl (C=O) groups excluding carboxylic acids is 1. The molecule has 0 saturated carbocycles. The number of nitrogens with zero attached hydrogens (tertiary/aromatic N) is 1. The molecular formula is C20H32N4O. The van der Waals surface area contributed by atoms with E-state index in [4.69, 9.17) is 0 Å². The summed E-state index contributed by atoms with van der Waals surface area (Å²) >= 11 is 0. The van der Waals surface area contributed by atoms with Crippen LogP contribution in [0.1, 0.15) is 37.7 Å². The van der Waals surface area contributed by atoms with Crippen molar-refractivity contribution in [1.29, 1.82) is 0 Å². The molecule has 3 rings (SSSR count). The average Bonchev–Trinajstić information content (AvgIpc) is 2.63. The summed E-state index contributed by atoms with van der Waals surface area (Å²) in [5.41, 5.74) is 1.45. The summed E-state index contributed by atoms with van der Waals surface area (Å²) in [7, 11) is 0. The first-order valence-corrected chi connectivity index (χ1v) is 9.71. The van der Waals surface area contributed by atoms with E-state index in [1.807, 2.05) is 0 Å². The molecule has 0 spiro atoms. The molecule has 2 saturated heterocycles. The number of benzene rings is 1. The van der Waals surface area contributed by atoms with Gasteiger partial charge in [0.15, 0.2) is 0 Å². The molecule has 3 atom stereocenters. The van der Waals surface area contributed by atoms with Gasteiger partial charge in [0, 0.05) is 38.3 Å². The SMILES string of the molecule is CC(CC1CC(c2ccccc2)CCN1)NC(=O)CN1CCNCC1. The number of rotatable bonds is 6. The highest BCUT2D eigenvalue weighted by Crippen LogP contribution is 2.28. The van der Waals surface area contributed by atoms with Gasteiger partial charge in [-0.2, -0.15) is 0 Å². The zero-order valence-corrected chi connectivity index (χ0v) is 15.3. The van der Waals surface area contributed by atoms with Crippen molar-refractivity contribution in [3.05, 3.63) is 35.9 Å². The molecule has 3 N–H and O–H groups in total. The zero-order valence-electron chi connectivity index (χ0n) is 15.3. The van der Waals surface area contributed by atoms with E-state index in [1.54, 1.807) is 0 Å². The molecule has 2 aliphatic rings. The molecular weight excluding hydrogens is 312 g/mol. The summed E-state index contributed by atoms with van der Waals surface area (Å²) in [4.78, 5) is 14.5. The van der Waals surface area contributed by atoms with Crippen molar-refractivity contribution in [3.63, 3.8) is 0 Å². The first-order chi connectivity index (χ1) is 12.2. The van der Waals surface area contributed by atoms with E-state index < -0.39 is 0 Å². The van der Waals surface area contributed by atoms with E-state index in [0.717, 1.165) is 45.6 Å². The number of piperazine rings is 1. The summed E-state index contributed by atoms with van der Waals surface area (Å²) in [6.45, 7) is 7.60. The van der Waals surface area contributed by atoms with E-state index in [0.29, 0.717) is 18.5 Å². The fourth-order valence-corrected chi connectivity index (χ4v) is 4.09. The standard InChI is InChI=1S/C20H32N4O/c1-16(23-20(25)15-24-11-9-21-10-12-24)13-19-14-18(7-8-22-19)17-5-3-2-4-6-17/h2-6,16,18-19,21-22H,7-15H2,1H3,(H,23,25). The Bertz CT molecular complexity index is 530. The van der Waals surface area contributed by atoms with Crippen molar-refractivity contribution in [2.24, 2.45) is 0 Å². The van der Waals surface area contributed by atoms with Crippen LogP contribution in [0.5, 0.6) is 0 Å². The predicted molar refractivity (Wildman–Crippen MR) is 102 cm³/mol. The molecule has 1 aromatic rings. The summed E-state index contributed by atoms with van der Waals surface area (Å²) in [5.74, 6) is 0.793. The lowest BCUT2D eigenvalue weighted by atomic mass is 9.84. The van der Waals surface area contributed by atoms with Gasteiger partial charge in [0.25, 0.3) is 0 Å². The summed E-state index contributed by atoms with van der Waals surface area (Å²) in [6.07, 6.45) is 3.35. The Labute approximate surface area is 151 Å². The van der Waals surface area contributed by atoms with Crippen LogP contribution in [0.25, 0.3) is 0 Å². The summed E-state index contributed by atoms with van der Waals surface area (Å²) in [5, 5.41) is 10.1. The van der Waals surface area contributed by atoms with Gasteiger partial charge in [-0.1, -0.05) is 30.3 Å². The molecule has 5 heteroatoms. The Balaban J connectivity index is 1.42. The number of hydrogen-bond donors (Lipinski definition) is 3. The minimum absolute atomic E-state index is 0.157. The van der Waals surface area contributed by atoms with Gasteiger partial charge in [0.05, 0.1) is 6.54 Å². The minimum Gasteiger partial charge on any atom is -0.352 e. The van der Waals surface area contributed by atoms with Crippen LogP contribution < -0.4 is 16.0 Å². The van der Waals surface area contributed by atoms with E-state index in [2.05, 4.69) is 58.1 Å². The molecule has 0 radical (unpaired) electrons. The van der Waals surface area contributed by atoms with E-state index in [-0.39, 0.29) is 11.9 Å². The topological polar surface area (TPSA) is 56.4 Å². The highest BCUT2D eigenvalue weighted by atomic mass is 16.2. The lowest BCUT2D eigenvalue weighted by Gasteiger charge is -2.33. The van der Waals surface area contributed by atoms with Gasteiger partial charge >= 0.3 is 0 Å². The molecule has 25 heavy (non-hydrogen) atoms. The van der Waals surface area contributed by atoms with Crippen LogP contribution in [0, 0.1) is 0 Å². The second-order valence-corrected chi connectivity index (χ2v) is 7.51. The first kappa shape index (κ1) is 18.4. The maximum Gasteiger partial charge on any atom is 0.234 e. The zero-order chi connectivity index (χ0) is 17.5. The largest absolute Gasteiger partial charge is 0.352 e. The molecule has 3 unspecified atom stereocenters. The lowest BCUT2D eigenvalue weighted by Crippen LogP contribution is -2.49. The molecule has 1 aromatic carbocycles. The van der Waals surface area contributed by atoms with Gasteiger partial charge in [0.1, 0.15) is 0 Å².